The van der Waals surface area contributed by atoms with E-state index in [9.17, 15) is 0 Å². The molecule has 0 spiro atoms. The van der Waals surface area contributed by atoms with Crippen molar-refractivity contribution in [2.45, 2.75) is 31.9 Å². The molecule has 2 atom stereocenters. The lowest BCUT2D eigenvalue weighted by Gasteiger charge is -2.19. The minimum atomic E-state index is 0.343. The summed E-state index contributed by atoms with van der Waals surface area (Å²) in [5, 5.41) is 6.29. The number of aromatic nitrogens is 1. The van der Waals surface area contributed by atoms with Crippen molar-refractivity contribution < 1.29 is 4.74 Å². The zero-order chi connectivity index (χ0) is 9.97. The molecule has 2 unspecified atom stereocenters. The van der Waals surface area contributed by atoms with Crippen molar-refractivity contribution in [3.63, 3.8) is 0 Å². The van der Waals surface area contributed by atoms with E-state index in [1.165, 1.54) is 6.42 Å². The van der Waals surface area contributed by atoms with Crippen LogP contribution < -0.4 is 5.32 Å². The number of nitrogens with zero attached hydrogens (tertiary/aromatic N) is 1. The average Bonchev–Trinajstić information content (AvgIpc) is 2.75. The summed E-state index contributed by atoms with van der Waals surface area (Å²) in [6, 6.07) is 0.343. The van der Waals surface area contributed by atoms with Gasteiger partial charge in [-0.2, -0.15) is 0 Å². The van der Waals surface area contributed by atoms with Crippen molar-refractivity contribution in [2.75, 3.05) is 11.9 Å². The van der Waals surface area contributed by atoms with Crippen LogP contribution in [0, 0.1) is 0 Å². The average molecular weight is 277 g/mol. The van der Waals surface area contributed by atoms with Gasteiger partial charge in [-0.1, -0.05) is 0 Å². The molecule has 3 nitrogen and oxygen atoms in total. The molecule has 1 saturated heterocycles. The topological polar surface area (TPSA) is 34.2 Å². The third-order valence-corrected chi connectivity index (χ3v) is 3.83. The van der Waals surface area contributed by atoms with Gasteiger partial charge in [-0.15, -0.1) is 11.3 Å². The van der Waals surface area contributed by atoms with Crippen LogP contribution in [0.2, 0.25) is 0 Å². The predicted octanol–water partition coefficient (Wildman–Crippen LogP) is 2.89. The lowest BCUT2D eigenvalue weighted by Crippen LogP contribution is -2.29. The van der Waals surface area contributed by atoms with Crippen LogP contribution in [-0.4, -0.2) is 23.7 Å². The van der Waals surface area contributed by atoms with E-state index in [1.807, 2.05) is 5.38 Å². The zero-order valence-electron chi connectivity index (χ0n) is 8.00. The number of ether oxygens (including phenoxy) is 1. The van der Waals surface area contributed by atoms with Crippen LogP contribution in [0.25, 0.3) is 0 Å². The number of hydrogen-bond acceptors (Lipinski definition) is 4. The maximum atomic E-state index is 5.60. The molecule has 2 heterocycles. The molecule has 1 aromatic rings. The molecule has 0 amide bonds. The highest BCUT2D eigenvalue weighted by Gasteiger charge is 2.22. The Kier molecular flexibility index (Phi) is 3.41. The summed E-state index contributed by atoms with van der Waals surface area (Å²) >= 11 is 4.95. The van der Waals surface area contributed by atoms with Crippen LogP contribution in [0.15, 0.2) is 9.98 Å². The van der Waals surface area contributed by atoms with Crippen LogP contribution in [0.4, 0.5) is 5.13 Å². The van der Waals surface area contributed by atoms with Gasteiger partial charge in [-0.05, 0) is 35.7 Å². The van der Waals surface area contributed by atoms with Gasteiger partial charge < -0.3 is 10.1 Å². The van der Waals surface area contributed by atoms with Crippen LogP contribution >= 0.6 is 27.3 Å². The molecular formula is C9H13BrN2OS. The molecule has 14 heavy (non-hydrogen) atoms. The number of rotatable bonds is 3. The zero-order valence-corrected chi connectivity index (χ0v) is 10.4. The molecule has 78 valence electrons. The molecular weight excluding hydrogens is 264 g/mol. The Morgan fingerprint density at radius 3 is 3.21 bits per heavy atom. The molecule has 1 aromatic heterocycles. The maximum absolute atomic E-state index is 5.60. The van der Waals surface area contributed by atoms with Crippen molar-refractivity contribution in [1.82, 2.24) is 4.98 Å². The Balaban J connectivity index is 1.90. The summed E-state index contributed by atoms with van der Waals surface area (Å²) in [4.78, 5) is 4.29. The number of halogens is 1. The van der Waals surface area contributed by atoms with Crippen molar-refractivity contribution in [3.05, 3.63) is 9.98 Å². The number of nitrogens with one attached hydrogen (secondary N) is 1. The Morgan fingerprint density at radius 1 is 1.79 bits per heavy atom. The normalized spacial score (nSPS) is 23.7. The molecule has 5 heteroatoms. The van der Waals surface area contributed by atoms with E-state index in [4.69, 9.17) is 4.74 Å². The number of hydrogen-bond donors (Lipinski definition) is 1. The minimum Gasteiger partial charge on any atom is -0.376 e. The van der Waals surface area contributed by atoms with Crippen LogP contribution in [-0.2, 0) is 4.74 Å². The quantitative estimate of drug-likeness (QED) is 0.922. The van der Waals surface area contributed by atoms with Crippen LogP contribution in [0.3, 0.4) is 0 Å². The summed E-state index contributed by atoms with van der Waals surface area (Å²) in [7, 11) is 0. The fourth-order valence-corrected chi connectivity index (χ4v) is 2.85. The van der Waals surface area contributed by atoms with E-state index in [-0.39, 0.29) is 0 Å². The van der Waals surface area contributed by atoms with Crippen molar-refractivity contribution in [2.24, 2.45) is 0 Å². The molecule has 1 aliphatic heterocycles. The van der Waals surface area contributed by atoms with Gasteiger partial charge >= 0.3 is 0 Å². The summed E-state index contributed by atoms with van der Waals surface area (Å²) < 4.78 is 6.49. The second kappa shape index (κ2) is 4.59. The second-order valence-electron chi connectivity index (χ2n) is 3.46. The van der Waals surface area contributed by atoms with Crippen LogP contribution in [0.5, 0.6) is 0 Å². The minimum absolute atomic E-state index is 0.343. The third-order valence-electron chi connectivity index (χ3n) is 2.35. The first-order valence-electron chi connectivity index (χ1n) is 4.75. The van der Waals surface area contributed by atoms with Gasteiger partial charge in [0.1, 0.15) is 4.60 Å². The van der Waals surface area contributed by atoms with E-state index in [1.54, 1.807) is 11.3 Å². The first-order chi connectivity index (χ1) is 6.75. The monoisotopic (exact) mass is 276 g/mol. The van der Waals surface area contributed by atoms with Gasteiger partial charge in [0.15, 0.2) is 5.13 Å². The van der Waals surface area contributed by atoms with Crippen molar-refractivity contribution >= 4 is 32.4 Å². The SMILES string of the molecule is CC(Nc1nc(Br)cs1)C1CCCO1. The predicted molar refractivity (Wildman–Crippen MR) is 61.9 cm³/mol. The Morgan fingerprint density at radius 2 is 2.64 bits per heavy atom. The second-order valence-corrected chi connectivity index (χ2v) is 5.13. The Hall–Kier alpha value is -0.130. The van der Waals surface area contributed by atoms with E-state index >= 15 is 0 Å². The first kappa shape index (κ1) is 10.4. The Bertz CT molecular complexity index is 299. The fraction of sp³-hybridized carbons (Fsp3) is 0.667. The molecule has 1 aliphatic rings. The molecule has 1 N–H and O–H groups in total. The number of anilines is 1. The van der Waals surface area contributed by atoms with Gasteiger partial charge in [-0.25, -0.2) is 4.98 Å². The highest BCUT2D eigenvalue weighted by molar-refractivity contribution is 9.10. The molecule has 0 aromatic carbocycles. The molecule has 0 bridgehead atoms. The molecule has 1 fully saturated rings. The summed E-state index contributed by atoms with van der Waals surface area (Å²) in [6.07, 6.45) is 2.68. The molecule has 2 rings (SSSR count). The summed E-state index contributed by atoms with van der Waals surface area (Å²) in [6.45, 7) is 3.05. The van der Waals surface area contributed by atoms with E-state index in [0.29, 0.717) is 12.1 Å². The van der Waals surface area contributed by atoms with Gasteiger partial charge in [0, 0.05) is 12.0 Å². The van der Waals surface area contributed by atoms with Crippen LogP contribution in [0.1, 0.15) is 19.8 Å². The van der Waals surface area contributed by atoms with Gasteiger partial charge in [0.25, 0.3) is 0 Å². The largest absolute Gasteiger partial charge is 0.376 e. The fourth-order valence-electron chi connectivity index (χ4n) is 1.61. The number of thiazole rings is 1. The van der Waals surface area contributed by atoms with Gasteiger partial charge in [0.05, 0.1) is 12.1 Å². The van der Waals surface area contributed by atoms with E-state index in [0.717, 1.165) is 22.8 Å². The summed E-state index contributed by atoms with van der Waals surface area (Å²) in [5.41, 5.74) is 0. The maximum Gasteiger partial charge on any atom is 0.184 e. The van der Waals surface area contributed by atoms with Gasteiger partial charge in [-0.3, -0.25) is 0 Å². The molecule has 0 saturated carbocycles. The molecule has 0 aliphatic carbocycles. The lowest BCUT2D eigenvalue weighted by atomic mass is 10.1. The van der Waals surface area contributed by atoms with E-state index in [2.05, 4.69) is 33.2 Å². The third kappa shape index (κ3) is 2.46. The van der Waals surface area contributed by atoms with E-state index < -0.39 is 0 Å². The summed E-state index contributed by atoms with van der Waals surface area (Å²) in [5.74, 6) is 0. The van der Waals surface area contributed by atoms with Crippen molar-refractivity contribution in [3.8, 4) is 0 Å². The smallest absolute Gasteiger partial charge is 0.184 e. The highest BCUT2D eigenvalue weighted by Crippen LogP contribution is 2.23. The Labute approximate surface area is 96.0 Å². The standard InChI is InChI=1S/C9H13BrN2OS/c1-6(7-3-2-4-13-7)11-9-12-8(10)5-14-9/h5-7H,2-4H2,1H3,(H,11,12). The first-order valence-corrected chi connectivity index (χ1v) is 6.42. The van der Waals surface area contributed by atoms with Gasteiger partial charge in [0.2, 0.25) is 0 Å². The highest BCUT2D eigenvalue weighted by atomic mass is 79.9. The van der Waals surface area contributed by atoms with Crippen molar-refractivity contribution in [1.29, 1.82) is 0 Å². The molecule has 0 radical (unpaired) electrons. The lowest BCUT2D eigenvalue weighted by molar-refractivity contribution is 0.0996.